The van der Waals surface area contributed by atoms with Crippen molar-refractivity contribution in [2.24, 2.45) is 0 Å². The molecule has 1 rings (SSSR count). The smallest absolute Gasteiger partial charge is 0.326 e. The van der Waals surface area contributed by atoms with Crippen molar-refractivity contribution < 1.29 is 23.1 Å². The number of allylic oxidation sites excluding steroid dienone is 1. The van der Waals surface area contributed by atoms with Crippen molar-refractivity contribution in [2.45, 2.75) is 24.3 Å². The highest BCUT2D eigenvalue weighted by Gasteiger charge is 2.20. The SMILES string of the molecule is C=CCNS(=O)(=O)c1ccc(C(=O)NC(C/C=C/C)C(=O)O)cc1. The molecule has 8 heteroatoms. The summed E-state index contributed by atoms with van der Waals surface area (Å²) < 4.78 is 26.1. The van der Waals surface area contributed by atoms with Gasteiger partial charge in [0.1, 0.15) is 6.04 Å². The average Bonchev–Trinajstić information content (AvgIpc) is 2.56. The first-order valence-corrected chi connectivity index (χ1v) is 8.65. The highest BCUT2D eigenvalue weighted by Crippen LogP contribution is 2.11. The summed E-state index contributed by atoms with van der Waals surface area (Å²) in [6.07, 6.45) is 4.91. The van der Waals surface area contributed by atoms with Crippen LogP contribution in [0, 0.1) is 0 Å². The maximum Gasteiger partial charge on any atom is 0.326 e. The molecule has 0 aliphatic heterocycles. The number of amides is 1. The van der Waals surface area contributed by atoms with Crippen molar-refractivity contribution in [2.75, 3.05) is 6.54 Å². The Bertz CT molecular complexity index is 723. The standard InChI is InChI=1S/C16H20N2O5S/c1-3-5-6-14(16(20)21)18-15(19)12-7-9-13(10-8-12)24(22,23)17-11-4-2/h3-5,7-10,14,17H,2,6,11H2,1H3,(H,18,19)(H,20,21)/b5-3+. The molecule has 0 aliphatic rings. The van der Waals surface area contributed by atoms with Gasteiger partial charge < -0.3 is 10.4 Å². The second kappa shape index (κ2) is 8.99. The van der Waals surface area contributed by atoms with Crippen LogP contribution < -0.4 is 10.0 Å². The fraction of sp³-hybridized carbons (Fsp3) is 0.250. The Labute approximate surface area is 141 Å². The Hall–Kier alpha value is -2.45. The lowest BCUT2D eigenvalue weighted by atomic mass is 10.1. The number of carboxylic acids is 1. The first-order chi connectivity index (χ1) is 11.3. The number of carbonyl (C=O) groups is 2. The molecule has 130 valence electrons. The van der Waals surface area contributed by atoms with Crippen molar-refractivity contribution in [1.82, 2.24) is 10.0 Å². The summed E-state index contributed by atoms with van der Waals surface area (Å²) in [5, 5.41) is 11.5. The van der Waals surface area contributed by atoms with E-state index >= 15 is 0 Å². The van der Waals surface area contributed by atoms with E-state index in [2.05, 4.69) is 16.6 Å². The molecule has 3 N–H and O–H groups in total. The zero-order chi connectivity index (χ0) is 18.2. The topological polar surface area (TPSA) is 113 Å². The third kappa shape index (κ3) is 5.64. The van der Waals surface area contributed by atoms with E-state index in [0.29, 0.717) is 0 Å². The van der Waals surface area contributed by atoms with Gasteiger partial charge in [0.2, 0.25) is 10.0 Å². The lowest BCUT2D eigenvalue weighted by Gasteiger charge is -2.13. The van der Waals surface area contributed by atoms with Crippen LogP contribution in [0.3, 0.4) is 0 Å². The zero-order valence-corrected chi connectivity index (χ0v) is 14.0. The normalized spacial score (nSPS) is 12.7. The number of nitrogens with one attached hydrogen (secondary N) is 2. The molecule has 0 aromatic heterocycles. The van der Waals surface area contributed by atoms with Gasteiger partial charge in [0, 0.05) is 12.1 Å². The summed E-state index contributed by atoms with van der Waals surface area (Å²) in [5.74, 6) is -1.73. The van der Waals surface area contributed by atoms with Crippen LogP contribution in [0.5, 0.6) is 0 Å². The van der Waals surface area contributed by atoms with Crippen LogP contribution in [0.1, 0.15) is 23.7 Å². The van der Waals surface area contributed by atoms with Crippen LogP contribution in [-0.4, -0.2) is 38.0 Å². The number of hydrogen-bond donors (Lipinski definition) is 3. The number of carboxylic acid groups (broad SMARTS) is 1. The molecule has 0 aliphatic carbocycles. The van der Waals surface area contributed by atoms with Gasteiger partial charge in [0.15, 0.2) is 0 Å². The van der Waals surface area contributed by atoms with Crippen LogP contribution in [0.25, 0.3) is 0 Å². The van der Waals surface area contributed by atoms with Crippen LogP contribution in [0.4, 0.5) is 0 Å². The summed E-state index contributed by atoms with van der Waals surface area (Å²) >= 11 is 0. The maximum absolute atomic E-state index is 12.1. The Balaban J connectivity index is 2.86. The van der Waals surface area contributed by atoms with E-state index in [0.717, 1.165) is 0 Å². The minimum Gasteiger partial charge on any atom is -0.480 e. The third-order valence-electron chi connectivity index (χ3n) is 3.06. The molecular weight excluding hydrogens is 332 g/mol. The molecule has 1 aromatic rings. The van der Waals surface area contributed by atoms with Crippen molar-refractivity contribution in [3.05, 3.63) is 54.6 Å². The van der Waals surface area contributed by atoms with Gasteiger partial charge in [-0.1, -0.05) is 18.2 Å². The number of hydrogen-bond acceptors (Lipinski definition) is 4. The Kier molecular flexibility index (Phi) is 7.34. The highest BCUT2D eigenvalue weighted by molar-refractivity contribution is 7.89. The van der Waals surface area contributed by atoms with E-state index in [1.807, 2.05) is 0 Å². The first-order valence-electron chi connectivity index (χ1n) is 7.17. The molecule has 0 radical (unpaired) electrons. The predicted octanol–water partition coefficient (Wildman–Crippen LogP) is 1.30. The molecule has 0 spiro atoms. The fourth-order valence-electron chi connectivity index (χ4n) is 1.77. The van der Waals surface area contributed by atoms with Crippen LogP contribution in [0.15, 0.2) is 54.0 Å². The van der Waals surface area contributed by atoms with E-state index in [1.54, 1.807) is 19.1 Å². The molecule has 0 bridgehead atoms. The molecule has 0 saturated carbocycles. The first kappa shape index (κ1) is 19.6. The summed E-state index contributed by atoms with van der Waals surface area (Å²) in [4.78, 5) is 23.2. The molecule has 0 heterocycles. The average molecular weight is 352 g/mol. The molecular formula is C16H20N2O5S. The molecule has 0 saturated heterocycles. The summed E-state index contributed by atoms with van der Waals surface area (Å²) in [6, 6.07) is 4.16. The van der Waals surface area contributed by atoms with Crippen molar-refractivity contribution in [3.63, 3.8) is 0 Å². The number of rotatable bonds is 9. The van der Waals surface area contributed by atoms with Gasteiger partial charge in [0.25, 0.3) is 5.91 Å². The number of carbonyl (C=O) groups excluding carboxylic acids is 1. The van der Waals surface area contributed by atoms with E-state index in [4.69, 9.17) is 5.11 Å². The fourth-order valence-corrected chi connectivity index (χ4v) is 2.77. The summed E-state index contributed by atoms with van der Waals surface area (Å²) in [5.41, 5.74) is 0.171. The Morgan fingerprint density at radius 2 is 1.92 bits per heavy atom. The van der Waals surface area contributed by atoms with Gasteiger partial charge in [-0.3, -0.25) is 4.79 Å². The van der Waals surface area contributed by atoms with Crippen LogP contribution in [0.2, 0.25) is 0 Å². The molecule has 7 nitrogen and oxygen atoms in total. The number of aliphatic carboxylic acids is 1. The van der Waals surface area contributed by atoms with Crippen LogP contribution in [-0.2, 0) is 14.8 Å². The van der Waals surface area contributed by atoms with E-state index in [1.165, 1.54) is 30.3 Å². The quantitative estimate of drug-likeness (QED) is 0.580. The van der Waals surface area contributed by atoms with Gasteiger partial charge in [-0.15, -0.1) is 6.58 Å². The Morgan fingerprint density at radius 1 is 1.29 bits per heavy atom. The van der Waals surface area contributed by atoms with E-state index in [9.17, 15) is 18.0 Å². The largest absolute Gasteiger partial charge is 0.480 e. The molecule has 1 unspecified atom stereocenters. The maximum atomic E-state index is 12.1. The summed E-state index contributed by atoms with van der Waals surface area (Å²) in [6.45, 7) is 5.27. The van der Waals surface area contributed by atoms with Gasteiger partial charge in [-0.2, -0.15) is 0 Å². The Morgan fingerprint density at radius 3 is 2.42 bits per heavy atom. The zero-order valence-electron chi connectivity index (χ0n) is 13.2. The minimum atomic E-state index is -3.67. The van der Waals surface area contributed by atoms with Crippen molar-refractivity contribution in [1.29, 1.82) is 0 Å². The lowest BCUT2D eigenvalue weighted by Crippen LogP contribution is -2.40. The van der Waals surface area contributed by atoms with E-state index < -0.39 is 27.9 Å². The molecule has 1 atom stereocenters. The number of benzene rings is 1. The van der Waals surface area contributed by atoms with Gasteiger partial charge >= 0.3 is 5.97 Å². The molecule has 1 aromatic carbocycles. The molecule has 24 heavy (non-hydrogen) atoms. The van der Waals surface area contributed by atoms with Gasteiger partial charge in [0.05, 0.1) is 4.90 Å². The van der Waals surface area contributed by atoms with Gasteiger partial charge in [-0.05, 0) is 37.6 Å². The summed E-state index contributed by atoms with van der Waals surface area (Å²) in [7, 11) is -3.67. The second-order valence-electron chi connectivity index (χ2n) is 4.83. The third-order valence-corrected chi connectivity index (χ3v) is 4.49. The van der Waals surface area contributed by atoms with Crippen molar-refractivity contribution in [3.8, 4) is 0 Å². The predicted molar refractivity (Wildman–Crippen MR) is 90.1 cm³/mol. The molecule has 1 amide bonds. The minimum absolute atomic E-state index is 0.00426. The van der Waals surface area contributed by atoms with E-state index in [-0.39, 0.29) is 23.4 Å². The lowest BCUT2D eigenvalue weighted by molar-refractivity contribution is -0.139. The highest BCUT2D eigenvalue weighted by atomic mass is 32.2. The molecule has 0 fully saturated rings. The van der Waals surface area contributed by atoms with Crippen molar-refractivity contribution >= 4 is 21.9 Å². The number of sulfonamides is 1. The van der Waals surface area contributed by atoms with Crippen LogP contribution >= 0.6 is 0 Å². The monoisotopic (exact) mass is 352 g/mol. The second-order valence-corrected chi connectivity index (χ2v) is 6.60. The van der Waals surface area contributed by atoms with Gasteiger partial charge in [-0.25, -0.2) is 17.9 Å².